The fraction of sp³-hybridized carbons (Fsp3) is 0.650. The Morgan fingerprint density at radius 2 is 2.00 bits per heavy atom. The predicted molar refractivity (Wildman–Crippen MR) is 98.9 cm³/mol. The quantitative estimate of drug-likeness (QED) is 0.892. The number of amides is 1. The summed E-state index contributed by atoms with van der Waals surface area (Å²) in [4.78, 5) is 16.1. The molecule has 144 valence electrons. The highest BCUT2D eigenvalue weighted by Gasteiger charge is 2.30. The van der Waals surface area contributed by atoms with Gasteiger partial charge in [0.25, 0.3) is 0 Å². The van der Waals surface area contributed by atoms with Gasteiger partial charge < -0.3 is 19.6 Å². The van der Waals surface area contributed by atoms with Gasteiger partial charge in [-0.1, -0.05) is 6.07 Å². The molecule has 0 bridgehead atoms. The van der Waals surface area contributed by atoms with Gasteiger partial charge in [0.05, 0.1) is 18.3 Å². The van der Waals surface area contributed by atoms with Gasteiger partial charge in [0.2, 0.25) is 0 Å². The molecule has 1 aromatic rings. The third kappa shape index (κ3) is 4.47. The van der Waals surface area contributed by atoms with Crippen molar-refractivity contribution in [3.05, 3.63) is 29.6 Å². The molecule has 1 aliphatic heterocycles. The molecule has 3 rings (SSSR count). The van der Waals surface area contributed by atoms with Gasteiger partial charge >= 0.3 is 6.09 Å². The van der Waals surface area contributed by atoms with E-state index in [1.54, 1.807) is 18.0 Å². The fourth-order valence-electron chi connectivity index (χ4n) is 3.94. The Kier molecular flexibility index (Phi) is 6.01. The number of benzene rings is 1. The smallest absolute Gasteiger partial charge is 0.410 e. The topological polar surface area (TPSA) is 53.0 Å². The second-order valence-electron chi connectivity index (χ2n) is 7.62. The maximum Gasteiger partial charge on any atom is 0.410 e. The maximum atomic E-state index is 14.2. The Labute approximate surface area is 154 Å². The van der Waals surface area contributed by atoms with Crippen molar-refractivity contribution in [2.45, 2.75) is 63.7 Å². The number of rotatable bonds is 3. The van der Waals surface area contributed by atoms with E-state index in [2.05, 4.69) is 0 Å². The molecule has 1 N–H and O–H groups in total. The van der Waals surface area contributed by atoms with E-state index in [-0.39, 0.29) is 30.2 Å². The number of halogens is 1. The standard InChI is InChI=1S/C20H29FN2O3/c1-14-5-10-19(18(21)12-14)23-11-3-4-17(13-23)26-20(25)22(2)15-6-8-16(24)9-7-15/h5,10,12,15-17,24H,3-4,6-9,11,13H2,1-2H3. The van der Waals surface area contributed by atoms with Crippen LogP contribution in [-0.2, 0) is 4.74 Å². The van der Waals surface area contributed by atoms with Gasteiger partial charge in [-0.25, -0.2) is 9.18 Å². The first-order valence-corrected chi connectivity index (χ1v) is 9.56. The molecule has 1 unspecified atom stereocenters. The van der Waals surface area contributed by atoms with E-state index in [4.69, 9.17) is 4.74 Å². The number of piperidine rings is 1. The van der Waals surface area contributed by atoms with Crippen molar-refractivity contribution in [3.8, 4) is 0 Å². The molecule has 0 aromatic heterocycles. The molecular formula is C20H29FN2O3. The van der Waals surface area contributed by atoms with Crippen LogP contribution in [0.4, 0.5) is 14.9 Å². The van der Waals surface area contributed by atoms with Gasteiger partial charge in [0.15, 0.2) is 0 Å². The lowest BCUT2D eigenvalue weighted by molar-refractivity contribution is 0.0362. The number of hydrogen-bond donors (Lipinski definition) is 1. The summed E-state index contributed by atoms with van der Waals surface area (Å²) in [7, 11) is 1.77. The molecule has 2 fully saturated rings. The average Bonchev–Trinajstić information content (AvgIpc) is 2.62. The maximum absolute atomic E-state index is 14.2. The summed E-state index contributed by atoms with van der Waals surface area (Å²) in [5.74, 6) is -0.227. The largest absolute Gasteiger partial charge is 0.444 e. The van der Waals surface area contributed by atoms with Crippen LogP contribution in [0.25, 0.3) is 0 Å². The highest BCUT2D eigenvalue weighted by molar-refractivity contribution is 5.68. The van der Waals surface area contributed by atoms with Crippen LogP contribution in [0.15, 0.2) is 18.2 Å². The first kappa shape index (κ1) is 19.0. The van der Waals surface area contributed by atoms with Crippen LogP contribution in [0.2, 0.25) is 0 Å². The monoisotopic (exact) mass is 364 g/mol. The van der Waals surface area contributed by atoms with E-state index < -0.39 is 0 Å². The average molecular weight is 364 g/mol. The molecule has 1 aliphatic carbocycles. The van der Waals surface area contributed by atoms with Crippen molar-refractivity contribution in [1.82, 2.24) is 4.90 Å². The molecule has 5 nitrogen and oxygen atoms in total. The van der Waals surface area contributed by atoms with Crippen LogP contribution in [0.1, 0.15) is 44.1 Å². The number of carbonyl (C=O) groups excluding carboxylic acids is 1. The molecular weight excluding hydrogens is 335 g/mol. The van der Waals surface area contributed by atoms with Gasteiger partial charge in [-0.2, -0.15) is 0 Å². The summed E-state index contributed by atoms with van der Waals surface area (Å²) in [5, 5.41) is 9.61. The van der Waals surface area contributed by atoms with Gasteiger partial charge in [-0.3, -0.25) is 0 Å². The Bertz CT molecular complexity index is 631. The molecule has 6 heteroatoms. The molecule has 26 heavy (non-hydrogen) atoms. The lowest BCUT2D eigenvalue weighted by Gasteiger charge is -2.37. The highest BCUT2D eigenvalue weighted by atomic mass is 19.1. The summed E-state index contributed by atoms with van der Waals surface area (Å²) in [6.45, 7) is 3.15. The fourth-order valence-corrected chi connectivity index (χ4v) is 3.94. The van der Waals surface area contributed by atoms with Crippen LogP contribution < -0.4 is 4.90 Å². The van der Waals surface area contributed by atoms with Crippen molar-refractivity contribution in [3.63, 3.8) is 0 Å². The zero-order chi connectivity index (χ0) is 18.7. The van der Waals surface area contributed by atoms with Crippen molar-refractivity contribution >= 4 is 11.8 Å². The lowest BCUT2D eigenvalue weighted by atomic mass is 9.92. The van der Waals surface area contributed by atoms with Crippen LogP contribution >= 0.6 is 0 Å². The summed E-state index contributed by atoms with van der Waals surface area (Å²) in [6, 6.07) is 5.37. The second kappa shape index (κ2) is 8.25. The van der Waals surface area contributed by atoms with E-state index in [1.165, 1.54) is 6.07 Å². The molecule has 1 amide bonds. The normalized spacial score (nSPS) is 26.5. The van der Waals surface area contributed by atoms with E-state index in [0.29, 0.717) is 12.2 Å². The van der Waals surface area contributed by atoms with Crippen molar-refractivity contribution < 1.29 is 19.0 Å². The number of nitrogens with zero attached hydrogens (tertiary/aromatic N) is 2. The second-order valence-corrected chi connectivity index (χ2v) is 7.62. The minimum atomic E-state index is -0.317. The Morgan fingerprint density at radius 1 is 1.27 bits per heavy atom. The number of aliphatic hydroxyl groups is 1. The van der Waals surface area contributed by atoms with Crippen LogP contribution in [0.3, 0.4) is 0 Å². The zero-order valence-corrected chi connectivity index (χ0v) is 15.7. The predicted octanol–water partition coefficient (Wildman–Crippen LogP) is 3.47. The van der Waals surface area contributed by atoms with Gasteiger partial charge in [-0.15, -0.1) is 0 Å². The SMILES string of the molecule is Cc1ccc(N2CCCC(OC(=O)N(C)C3CCC(O)CC3)C2)c(F)c1. The van der Waals surface area contributed by atoms with Crippen LogP contribution in [0, 0.1) is 12.7 Å². The molecule has 1 aromatic carbocycles. The minimum Gasteiger partial charge on any atom is -0.444 e. The number of hydrogen-bond acceptors (Lipinski definition) is 4. The van der Waals surface area contributed by atoms with E-state index in [9.17, 15) is 14.3 Å². The number of ether oxygens (including phenoxy) is 1. The first-order chi connectivity index (χ1) is 12.4. The lowest BCUT2D eigenvalue weighted by Crippen LogP contribution is -2.45. The van der Waals surface area contributed by atoms with Gasteiger partial charge in [0, 0.05) is 19.6 Å². The molecule has 0 radical (unpaired) electrons. The Morgan fingerprint density at radius 3 is 2.69 bits per heavy atom. The van der Waals surface area contributed by atoms with Gasteiger partial charge in [0.1, 0.15) is 11.9 Å². The number of anilines is 1. The zero-order valence-electron chi connectivity index (χ0n) is 15.7. The first-order valence-electron chi connectivity index (χ1n) is 9.56. The summed E-state index contributed by atoms with van der Waals surface area (Å²) in [5.41, 5.74) is 1.47. The molecule has 1 saturated heterocycles. The summed E-state index contributed by atoms with van der Waals surface area (Å²) >= 11 is 0. The Balaban J connectivity index is 1.56. The van der Waals surface area contributed by atoms with E-state index in [0.717, 1.165) is 50.6 Å². The molecule has 1 saturated carbocycles. The molecule has 0 spiro atoms. The number of carbonyl (C=O) groups is 1. The third-order valence-corrected chi connectivity index (χ3v) is 5.59. The van der Waals surface area contributed by atoms with Crippen molar-refractivity contribution in [2.24, 2.45) is 0 Å². The van der Waals surface area contributed by atoms with Crippen molar-refractivity contribution in [1.29, 1.82) is 0 Å². The number of aryl methyl sites for hydroxylation is 1. The Hall–Kier alpha value is -1.82. The number of aliphatic hydroxyl groups excluding tert-OH is 1. The van der Waals surface area contributed by atoms with E-state index in [1.807, 2.05) is 17.9 Å². The van der Waals surface area contributed by atoms with Crippen molar-refractivity contribution in [2.75, 3.05) is 25.0 Å². The molecule has 1 atom stereocenters. The van der Waals surface area contributed by atoms with E-state index >= 15 is 0 Å². The van der Waals surface area contributed by atoms with Crippen LogP contribution in [0.5, 0.6) is 0 Å². The molecule has 2 aliphatic rings. The third-order valence-electron chi connectivity index (χ3n) is 5.59. The minimum absolute atomic E-state index is 0.125. The van der Waals surface area contributed by atoms with Gasteiger partial charge in [-0.05, 0) is 63.1 Å². The molecule has 1 heterocycles. The summed E-state index contributed by atoms with van der Waals surface area (Å²) in [6.07, 6.45) is 3.94. The summed E-state index contributed by atoms with van der Waals surface area (Å²) < 4.78 is 20.0. The highest BCUT2D eigenvalue weighted by Crippen LogP contribution is 2.26. The van der Waals surface area contributed by atoms with Crippen LogP contribution in [-0.4, -0.2) is 54.5 Å².